The molecule has 4 heterocycles. The number of allylic oxidation sites excluding steroid dienone is 1. The fourth-order valence-corrected chi connectivity index (χ4v) is 7.35. The Morgan fingerprint density at radius 1 is 1.20 bits per heavy atom. The maximum atomic E-state index is 14.4. The number of nitrogens with zero attached hydrogens (tertiary/aromatic N) is 3. The first kappa shape index (κ1) is 27.7. The van der Waals surface area contributed by atoms with Crippen LogP contribution in [0.1, 0.15) is 70.1 Å². The highest BCUT2D eigenvalue weighted by atomic mass is 32.1. The van der Waals surface area contributed by atoms with Crippen molar-refractivity contribution in [2.45, 2.75) is 82.4 Å². The van der Waals surface area contributed by atoms with E-state index >= 15 is 0 Å². The zero-order valence-corrected chi connectivity index (χ0v) is 24.8. The Bertz CT molecular complexity index is 1460. The molecule has 1 N–H and O–H groups in total. The molecule has 3 aliphatic rings. The fourth-order valence-electron chi connectivity index (χ4n) is 6.41. The van der Waals surface area contributed by atoms with Crippen LogP contribution in [0.15, 0.2) is 41.9 Å². The summed E-state index contributed by atoms with van der Waals surface area (Å²) in [5, 5.41) is 8.30. The highest BCUT2D eigenvalue weighted by Gasteiger charge is 2.45. The fraction of sp³-hybridized carbons (Fsp3) is 0.500. The van der Waals surface area contributed by atoms with Crippen LogP contribution in [-0.4, -0.2) is 58.6 Å². The number of hydrogen-bond acceptors (Lipinski definition) is 8. The van der Waals surface area contributed by atoms with Gasteiger partial charge >= 0.3 is 5.97 Å². The number of ether oxygens (including phenoxy) is 2. The summed E-state index contributed by atoms with van der Waals surface area (Å²) >= 11 is 1.54. The van der Waals surface area contributed by atoms with Gasteiger partial charge in [-0.05, 0) is 48.3 Å². The summed E-state index contributed by atoms with van der Waals surface area (Å²) in [5.41, 5.74) is 1.87. The summed E-state index contributed by atoms with van der Waals surface area (Å²) < 4.78 is 11.6. The summed E-state index contributed by atoms with van der Waals surface area (Å²) in [4.78, 5) is 38.5. The second-order valence-corrected chi connectivity index (χ2v) is 13.0. The van der Waals surface area contributed by atoms with Crippen molar-refractivity contribution in [3.05, 3.63) is 53.2 Å². The van der Waals surface area contributed by atoms with E-state index in [0.29, 0.717) is 12.3 Å². The quantitative estimate of drug-likeness (QED) is 0.377. The minimum absolute atomic E-state index is 0.0911. The van der Waals surface area contributed by atoms with Gasteiger partial charge in [0.15, 0.2) is 5.13 Å². The number of fused-ring (bicyclic) bond motifs is 5. The number of hydrogen-bond donors (Lipinski definition) is 1. The van der Waals surface area contributed by atoms with Gasteiger partial charge in [0.05, 0.1) is 19.3 Å². The van der Waals surface area contributed by atoms with Crippen LogP contribution in [0.5, 0.6) is 5.88 Å². The molecule has 1 aromatic carbocycles. The van der Waals surface area contributed by atoms with Gasteiger partial charge in [-0.1, -0.05) is 57.4 Å². The summed E-state index contributed by atoms with van der Waals surface area (Å²) in [5.74, 6) is 0.167. The number of amides is 1. The van der Waals surface area contributed by atoms with Crippen molar-refractivity contribution in [2.24, 2.45) is 5.92 Å². The molecule has 6 bridgehead atoms. The Balaban J connectivity index is 1.43. The molecule has 2 aromatic heterocycles. The molecule has 41 heavy (non-hydrogen) atoms. The average molecular weight is 575 g/mol. The van der Waals surface area contributed by atoms with E-state index < -0.39 is 24.2 Å². The number of methoxy groups -OCH3 is 1. The maximum absolute atomic E-state index is 14.4. The third-order valence-electron chi connectivity index (χ3n) is 8.85. The van der Waals surface area contributed by atoms with Gasteiger partial charge in [0.1, 0.15) is 18.2 Å². The minimum Gasteiger partial charge on any atom is -0.472 e. The van der Waals surface area contributed by atoms with Gasteiger partial charge in [-0.2, -0.15) is 0 Å². The van der Waals surface area contributed by atoms with Crippen LogP contribution in [0.4, 0.5) is 5.13 Å². The van der Waals surface area contributed by atoms with Crippen molar-refractivity contribution in [2.75, 3.05) is 19.0 Å². The van der Waals surface area contributed by atoms with Gasteiger partial charge in [-0.25, -0.2) is 14.8 Å². The molecular weight excluding hydrogens is 536 g/mol. The second-order valence-electron chi connectivity index (χ2n) is 12.2. The summed E-state index contributed by atoms with van der Waals surface area (Å²) in [6.07, 6.45) is 12.2. The number of pyridine rings is 1. The number of carbonyl (C=O) groups is 2. The van der Waals surface area contributed by atoms with Crippen molar-refractivity contribution in [3.63, 3.8) is 0 Å². The van der Waals surface area contributed by atoms with Gasteiger partial charge < -0.3 is 19.7 Å². The minimum atomic E-state index is -0.716. The molecule has 6 rings (SSSR count). The standard InChI is InChI=1S/C32H38N4O4S/c1-32(2)14-7-8-20-11-12-21-13-15-33-28(24(21)16-20)40-23-17-25(30(38)39-3)36(18-23)29(37)27(22-9-5-4-6-10-22)35-31-34-26(32)19-41-31/h7-8,11-13,15-16,19,22-23,25,27H,4-6,9-10,14,17-18H2,1-3H3,(H,34,35)/b8-7+/t23-,25+,27+/m1/s1. The van der Waals surface area contributed by atoms with Crippen LogP contribution >= 0.6 is 11.3 Å². The molecule has 0 unspecified atom stereocenters. The first-order chi connectivity index (χ1) is 19.8. The predicted molar refractivity (Wildman–Crippen MR) is 161 cm³/mol. The summed E-state index contributed by atoms with van der Waals surface area (Å²) in [6.45, 7) is 4.68. The highest BCUT2D eigenvalue weighted by molar-refractivity contribution is 7.13. The van der Waals surface area contributed by atoms with Gasteiger partial charge in [-0.15, -0.1) is 11.3 Å². The molecule has 8 nitrogen and oxygen atoms in total. The highest BCUT2D eigenvalue weighted by Crippen LogP contribution is 2.36. The number of thiazole rings is 1. The third-order valence-corrected chi connectivity index (χ3v) is 9.63. The van der Waals surface area contributed by atoms with E-state index in [4.69, 9.17) is 14.5 Å². The number of rotatable bonds is 2. The molecule has 2 aliphatic heterocycles. The second kappa shape index (κ2) is 11.4. The van der Waals surface area contributed by atoms with E-state index in [1.54, 1.807) is 11.1 Å². The van der Waals surface area contributed by atoms with Gasteiger partial charge in [0, 0.05) is 28.8 Å². The lowest BCUT2D eigenvalue weighted by Crippen LogP contribution is -2.51. The molecule has 3 atom stereocenters. The predicted octanol–water partition coefficient (Wildman–Crippen LogP) is 5.97. The maximum Gasteiger partial charge on any atom is 0.328 e. The average Bonchev–Trinajstić information content (AvgIpc) is 3.63. The lowest BCUT2D eigenvalue weighted by molar-refractivity contribution is -0.151. The van der Waals surface area contributed by atoms with Crippen molar-refractivity contribution >= 4 is 45.2 Å². The normalized spacial score (nSPS) is 25.7. The van der Waals surface area contributed by atoms with Crippen LogP contribution in [0.2, 0.25) is 0 Å². The van der Waals surface area contributed by atoms with E-state index in [9.17, 15) is 9.59 Å². The first-order valence-electron chi connectivity index (χ1n) is 14.7. The van der Waals surface area contributed by atoms with Crippen LogP contribution < -0.4 is 10.1 Å². The van der Waals surface area contributed by atoms with Gasteiger partial charge in [0.25, 0.3) is 0 Å². The molecule has 0 spiro atoms. The van der Waals surface area contributed by atoms with Crippen LogP contribution in [-0.2, 0) is 19.7 Å². The Kier molecular flexibility index (Phi) is 7.72. The van der Waals surface area contributed by atoms with Crippen molar-refractivity contribution in [1.82, 2.24) is 14.9 Å². The Hall–Kier alpha value is -3.46. The smallest absolute Gasteiger partial charge is 0.328 e. The monoisotopic (exact) mass is 574 g/mol. The third kappa shape index (κ3) is 5.69. The Labute approximate surface area is 245 Å². The number of anilines is 1. The van der Waals surface area contributed by atoms with E-state index in [0.717, 1.165) is 59.3 Å². The Morgan fingerprint density at radius 3 is 2.83 bits per heavy atom. The van der Waals surface area contributed by atoms with Crippen LogP contribution in [0.3, 0.4) is 0 Å². The molecule has 216 valence electrons. The number of benzene rings is 1. The topological polar surface area (TPSA) is 93.7 Å². The van der Waals surface area contributed by atoms with Crippen molar-refractivity contribution < 1.29 is 19.1 Å². The largest absolute Gasteiger partial charge is 0.472 e. The molecular formula is C32H38N4O4S. The van der Waals surface area contributed by atoms with Crippen LogP contribution in [0, 0.1) is 5.92 Å². The summed E-state index contributed by atoms with van der Waals surface area (Å²) in [7, 11) is 1.37. The molecule has 1 saturated heterocycles. The molecule has 0 radical (unpaired) electrons. The first-order valence-corrected chi connectivity index (χ1v) is 15.5. The Morgan fingerprint density at radius 2 is 2.02 bits per heavy atom. The van der Waals surface area contributed by atoms with Gasteiger partial charge in [-0.3, -0.25) is 4.79 Å². The molecule has 2 fully saturated rings. The SMILES string of the molecule is COC(=O)[C@@H]1C[C@@H]2CN1C(=O)[C@H](C1CCCCC1)Nc1nc(cs1)C(C)(C)C/C=C/c1ccc3ccnc(c3c1)O2. The lowest BCUT2D eigenvalue weighted by Gasteiger charge is -2.34. The molecule has 1 saturated carbocycles. The van der Waals surface area contributed by atoms with Crippen molar-refractivity contribution in [1.29, 1.82) is 0 Å². The zero-order chi connectivity index (χ0) is 28.6. The molecule has 1 aliphatic carbocycles. The number of aromatic nitrogens is 2. The number of carbonyl (C=O) groups excluding carboxylic acids is 2. The number of esters is 1. The van der Waals surface area contributed by atoms with E-state index in [2.05, 4.69) is 59.9 Å². The lowest BCUT2D eigenvalue weighted by atomic mass is 9.83. The number of nitrogens with one attached hydrogen (secondary N) is 1. The molecule has 3 aromatic rings. The van der Waals surface area contributed by atoms with E-state index in [1.165, 1.54) is 24.9 Å². The molecule has 9 heteroatoms. The van der Waals surface area contributed by atoms with Gasteiger partial charge in [0.2, 0.25) is 11.8 Å². The van der Waals surface area contributed by atoms with Crippen LogP contribution in [0.25, 0.3) is 16.8 Å². The summed E-state index contributed by atoms with van der Waals surface area (Å²) in [6, 6.07) is 7.03. The molecule has 1 amide bonds. The van der Waals surface area contributed by atoms with Crippen molar-refractivity contribution in [3.8, 4) is 5.88 Å². The van der Waals surface area contributed by atoms with E-state index in [-0.39, 0.29) is 23.8 Å². The zero-order valence-electron chi connectivity index (χ0n) is 24.0. The van der Waals surface area contributed by atoms with E-state index in [1.807, 2.05) is 6.07 Å².